The Morgan fingerprint density at radius 1 is 1.17 bits per heavy atom. The molecular formula is C17H22N2O4. The van der Waals surface area contributed by atoms with E-state index < -0.39 is 5.97 Å². The summed E-state index contributed by atoms with van der Waals surface area (Å²) in [7, 11) is 0. The van der Waals surface area contributed by atoms with Crippen molar-refractivity contribution in [3.8, 4) is 0 Å². The molecule has 1 aliphatic rings. The van der Waals surface area contributed by atoms with Crippen LogP contribution >= 0.6 is 0 Å². The zero-order valence-corrected chi connectivity index (χ0v) is 13.2. The van der Waals surface area contributed by atoms with Crippen LogP contribution in [0.2, 0.25) is 0 Å². The Bertz CT molecular complexity index is 586. The normalized spacial score (nSPS) is 15.3. The first kappa shape index (κ1) is 17.0. The SMILES string of the molecule is CCC1(C(=O)Nc2ccc(CC(=O)NCC(=O)O)cc2)CCC1. The number of rotatable bonds is 7. The first-order valence-corrected chi connectivity index (χ1v) is 7.84. The minimum absolute atomic E-state index is 0.0678. The van der Waals surface area contributed by atoms with Gasteiger partial charge in [-0.2, -0.15) is 0 Å². The maximum Gasteiger partial charge on any atom is 0.322 e. The van der Waals surface area contributed by atoms with Crippen LogP contribution in [0.1, 0.15) is 38.2 Å². The summed E-state index contributed by atoms with van der Waals surface area (Å²) in [5.41, 5.74) is 1.26. The molecule has 0 atom stereocenters. The van der Waals surface area contributed by atoms with Gasteiger partial charge in [-0.15, -0.1) is 0 Å². The van der Waals surface area contributed by atoms with Crippen molar-refractivity contribution >= 4 is 23.5 Å². The number of amides is 2. The van der Waals surface area contributed by atoms with Crippen LogP contribution < -0.4 is 10.6 Å². The lowest BCUT2D eigenvalue weighted by atomic mass is 9.66. The summed E-state index contributed by atoms with van der Waals surface area (Å²) < 4.78 is 0. The number of carbonyl (C=O) groups is 3. The van der Waals surface area contributed by atoms with E-state index in [1.54, 1.807) is 24.3 Å². The molecule has 2 rings (SSSR count). The summed E-state index contributed by atoms with van der Waals surface area (Å²) in [6.07, 6.45) is 3.95. The van der Waals surface area contributed by atoms with Crippen molar-refractivity contribution in [1.82, 2.24) is 5.32 Å². The second kappa shape index (κ2) is 7.26. The van der Waals surface area contributed by atoms with Gasteiger partial charge in [-0.05, 0) is 37.0 Å². The first-order valence-electron chi connectivity index (χ1n) is 7.84. The lowest BCUT2D eigenvalue weighted by Crippen LogP contribution is -2.41. The lowest BCUT2D eigenvalue weighted by Gasteiger charge is -2.39. The fourth-order valence-corrected chi connectivity index (χ4v) is 2.74. The number of anilines is 1. The van der Waals surface area contributed by atoms with Crippen molar-refractivity contribution in [2.75, 3.05) is 11.9 Å². The van der Waals surface area contributed by atoms with Crippen LogP contribution in [0.15, 0.2) is 24.3 Å². The molecule has 0 radical (unpaired) electrons. The van der Waals surface area contributed by atoms with Crippen molar-refractivity contribution in [3.05, 3.63) is 29.8 Å². The van der Waals surface area contributed by atoms with Crippen molar-refractivity contribution in [3.63, 3.8) is 0 Å². The molecule has 1 aromatic carbocycles. The van der Waals surface area contributed by atoms with Crippen LogP contribution in [-0.2, 0) is 20.8 Å². The number of carbonyl (C=O) groups excluding carboxylic acids is 2. The number of carboxylic acids is 1. The minimum Gasteiger partial charge on any atom is -0.480 e. The van der Waals surface area contributed by atoms with E-state index in [9.17, 15) is 14.4 Å². The summed E-state index contributed by atoms with van der Waals surface area (Å²) in [6, 6.07) is 7.05. The molecule has 6 nitrogen and oxygen atoms in total. The molecule has 6 heteroatoms. The Labute approximate surface area is 135 Å². The fraction of sp³-hybridized carbons (Fsp3) is 0.471. The highest BCUT2D eigenvalue weighted by Crippen LogP contribution is 2.44. The van der Waals surface area contributed by atoms with Gasteiger partial charge >= 0.3 is 5.97 Å². The van der Waals surface area contributed by atoms with Gasteiger partial charge in [0.1, 0.15) is 6.54 Å². The Morgan fingerprint density at radius 2 is 1.83 bits per heavy atom. The van der Waals surface area contributed by atoms with Crippen molar-refractivity contribution < 1.29 is 19.5 Å². The summed E-state index contributed by atoms with van der Waals surface area (Å²) in [5.74, 6) is -1.35. The Kier molecular flexibility index (Phi) is 5.36. The summed E-state index contributed by atoms with van der Waals surface area (Å²) in [4.78, 5) is 34.3. The molecule has 0 unspecified atom stereocenters. The molecular weight excluding hydrogens is 296 g/mol. The van der Waals surface area contributed by atoms with Crippen molar-refractivity contribution in [2.45, 2.75) is 39.0 Å². The third-order valence-corrected chi connectivity index (χ3v) is 4.48. The topological polar surface area (TPSA) is 95.5 Å². The van der Waals surface area contributed by atoms with E-state index >= 15 is 0 Å². The third kappa shape index (κ3) is 4.31. The smallest absolute Gasteiger partial charge is 0.322 e. The Hall–Kier alpha value is -2.37. The Morgan fingerprint density at radius 3 is 2.30 bits per heavy atom. The molecule has 1 saturated carbocycles. The Balaban J connectivity index is 1.88. The molecule has 1 aliphatic carbocycles. The molecule has 0 aromatic heterocycles. The van der Waals surface area contributed by atoms with Gasteiger partial charge in [0, 0.05) is 11.1 Å². The summed E-state index contributed by atoms with van der Waals surface area (Å²) in [5, 5.41) is 13.8. The van der Waals surface area contributed by atoms with E-state index in [1.165, 1.54) is 0 Å². The van der Waals surface area contributed by atoms with E-state index in [-0.39, 0.29) is 30.2 Å². The van der Waals surface area contributed by atoms with Gasteiger partial charge in [0.15, 0.2) is 0 Å². The van der Waals surface area contributed by atoms with E-state index in [0.717, 1.165) is 31.2 Å². The largest absolute Gasteiger partial charge is 0.480 e. The average molecular weight is 318 g/mol. The van der Waals surface area contributed by atoms with Gasteiger partial charge in [-0.3, -0.25) is 14.4 Å². The van der Waals surface area contributed by atoms with Gasteiger partial charge < -0.3 is 15.7 Å². The van der Waals surface area contributed by atoms with Gasteiger partial charge in [0.25, 0.3) is 0 Å². The summed E-state index contributed by atoms with van der Waals surface area (Å²) >= 11 is 0. The maximum absolute atomic E-state index is 12.3. The number of hydrogen-bond donors (Lipinski definition) is 3. The van der Waals surface area contributed by atoms with Crippen LogP contribution in [0.3, 0.4) is 0 Å². The second-order valence-electron chi connectivity index (χ2n) is 5.99. The fourth-order valence-electron chi connectivity index (χ4n) is 2.74. The van der Waals surface area contributed by atoms with Crippen LogP contribution in [0.4, 0.5) is 5.69 Å². The van der Waals surface area contributed by atoms with E-state index in [2.05, 4.69) is 10.6 Å². The van der Waals surface area contributed by atoms with Crippen molar-refractivity contribution in [1.29, 1.82) is 0 Å². The van der Waals surface area contributed by atoms with Gasteiger partial charge in [0.05, 0.1) is 6.42 Å². The van der Waals surface area contributed by atoms with E-state index in [1.807, 2.05) is 6.92 Å². The standard InChI is InChI=1S/C17H22N2O4/c1-2-17(8-3-9-17)16(23)19-13-6-4-12(5-7-13)10-14(20)18-11-15(21)22/h4-7H,2-3,8-11H2,1H3,(H,18,20)(H,19,23)(H,21,22). The van der Waals surface area contributed by atoms with Gasteiger partial charge in [-0.25, -0.2) is 0 Å². The molecule has 0 heterocycles. The van der Waals surface area contributed by atoms with Crippen LogP contribution in [0, 0.1) is 5.41 Å². The first-order chi connectivity index (χ1) is 10.9. The molecule has 1 fully saturated rings. The van der Waals surface area contributed by atoms with E-state index in [0.29, 0.717) is 5.69 Å². The molecule has 2 amide bonds. The lowest BCUT2D eigenvalue weighted by molar-refractivity contribution is -0.137. The maximum atomic E-state index is 12.3. The highest BCUT2D eigenvalue weighted by atomic mass is 16.4. The number of aliphatic carboxylic acids is 1. The number of benzene rings is 1. The van der Waals surface area contributed by atoms with Crippen LogP contribution in [0.25, 0.3) is 0 Å². The number of carboxylic acid groups (broad SMARTS) is 1. The highest BCUT2D eigenvalue weighted by molar-refractivity contribution is 5.96. The van der Waals surface area contributed by atoms with Crippen LogP contribution in [0.5, 0.6) is 0 Å². The summed E-state index contributed by atoms with van der Waals surface area (Å²) in [6.45, 7) is 1.66. The number of nitrogens with one attached hydrogen (secondary N) is 2. The molecule has 124 valence electrons. The third-order valence-electron chi connectivity index (χ3n) is 4.48. The van der Waals surface area contributed by atoms with Crippen molar-refractivity contribution in [2.24, 2.45) is 5.41 Å². The molecule has 3 N–H and O–H groups in total. The predicted octanol–water partition coefficient (Wildman–Crippen LogP) is 1.95. The predicted molar refractivity (Wildman–Crippen MR) is 86.0 cm³/mol. The average Bonchev–Trinajstić information content (AvgIpc) is 2.46. The quantitative estimate of drug-likeness (QED) is 0.716. The zero-order valence-electron chi connectivity index (χ0n) is 13.2. The van der Waals surface area contributed by atoms with Gasteiger partial charge in [0.2, 0.25) is 11.8 Å². The molecule has 23 heavy (non-hydrogen) atoms. The van der Waals surface area contributed by atoms with Crippen LogP contribution in [-0.4, -0.2) is 29.4 Å². The zero-order chi connectivity index (χ0) is 16.9. The highest BCUT2D eigenvalue weighted by Gasteiger charge is 2.42. The molecule has 1 aromatic rings. The monoisotopic (exact) mass is 318 g/mol. The molecule has 0 aliphatic heterocycles. The molecule has 0 spiro atoms. The molecule has 0 bridgehead atoms. The molecule has 0 saturated heterocycles. The minimum atomic E-state index is -1.07. The second-order valence-corrected chi connectivity index (χ2v) is 5.99. The van der Waals surface area contributed by atoms with E-state index in [4.69, 9.17) is 5.11 Å². The van der Waals surface area contributed by atoms with Gasteiger partial charge in [-0.1, -0.05) is 25.5 Å². The number of hydrogen-bond acceptors (Lipinski definition) is 3.